The number of para-hydroxylation sites is 1. The van der Waals surface area contributed by atoms with E-state index in [0.29, 0.717) is 16.2 Å². The number of carbonyl (C=O) groups excluding carboxylic acids is 3. The Morgan fingerprint density at radius 2 is 1.90 bits per heavy atom. The van der Waals surface area contributed by atoms with Crippen LogP contribution in [0.4, 0.5) is 23.7 Å². The van der Waals surface area contributed by atoms with E-state index in [1.807, 2.05) is 0 Å². The van der Waals surface area contributed by atoms with Crippen LogP contribution in [0.5, 0.6) is 5.75 Å². The largest absolute Gasteiger partial charge is 0.496 e. The Bertz CT molecular complexity index is 1030. The van der Waals surface area contributed by atoms with E-state index in [-0.39, 0.29) is 11.4 Å². The van der Waals surface area contributed by atoms with Crippen molar-refractivity contribution in [3.8, 4) is 5.75 Å². The number of imide groups is 1. The van der Waals surface area contributed by atoms with Gasteiger partial charge in [-0.1, -0.05) is 24.3 Å². The zero-order valence-electron chi connectivity index (χ0n) is 15.6. The SMILES string of the molecule is COc1ccccc1/C=C1\NC(=O)N(CC(=O)Nc2cccc(C(F)(F)F)c2)C1=O. The van der Waals surface area contributed by atoms with Gasteiger partial charge in [-0.2, -0.15) is 13.2 Å². The quantitative estimate of drug-likeness (QED) is 0.575. The van der Waals surface area contributed by atoms with Crippen molar-refractivity contribution in [2.45, 2.75) is 6.18 Å². The number of anilines is 1. The molecule has 0 radical (unpaired) electrons. The van der Waals surface area contributed by atoms with Crippen LogP contribution in [-0.4, -0.2) is 36.4 Å². The van der Waals surface area contributed by atoms with Crippen LogP contribution in [0.2, 0.25) is 0 Å². The smallest absolute Gasteiger partial charge is 0.416 e. The topological polar surface area (TPSA) is 87.7 Å². The summed E-state index contributed by atoms with van der Waals surface area (Å²) in [7, 11) is 1.46. The second-order valence-electron chi connectivity index (χ2n) is 6.25. The normalized spacial score (nSPS) is 15.3. The number of hydrogen-bond donors (Lipinski definition) is 2. The molecule has 3 rings (SSSR count). The average Bonchev–Trinajstić information content (AvgIpc) is 2.95. The number of carbonyl (C=O) groups is 3. The fourth-order valence-corrected chi connectivity index (χ4v) is 2.77. The molecule has 0 unspecified atom stereocenters. The summed E-state index contributed by atoms with van der Waals surface area (Å²) in [4.78, 5) is 37.4. The first-order valence-corrected chi connectivity index (χ1v) is 8.63. The number of ether oxygens (including phenoxy) is 1. The molecule has 0 bridgehead atoms. The van der Waals surface area contributed by atoms with Gasteiger partial charge in [0.15, 0.2) is 0 Å². The molecule has 2 aromatic rings. The van der Waals surface area contributed by atoms with Crippen molar-refractivity contribution in [1.29, 1.82) is 0 Å². The Balaban J connectivity index is 1.71. The van der Waals surface area contributed by atoms with Crippen molar-refractivity contribution < 1.29 is 32.3 Å². The minimum atomic E-state index is -4.57. The standard InChI is InChI=1S/C20H16F3N3O4/c1-30-16-8-3-2-5-12(16)9-15-18(28)26(19(29)25-15)11-17(27)24-14-7-4-6-13(10-14)20(21,22)23/h2-10H,11H2,1H3,(H,24,27)(H,25,29)/b15-9-. The van der Waals surface area contributed by atoms with Gasteiger partial charge in [-0.15, -0.1) is 0 Å². The molecule has 10 heteroatoms. The Morgan fingerprint density at radius 3 is 2.60 bits per heavy atom. The van der Waals surface area contributed by atoms with Gasteiger partial charge in [0.25, 0.3) is 5.91 Å². The molecule has 4 amide bonds. The van der Waals surface area contributed by atoms with Crippen LogP contribution < -0.4 is 15.4 Å². The maximum Gasteiger partial charge on any atom is 0.416 e. The van der Waals surface area contributed by atoms with Crippen molar-refractivity contribution in [3.05, 3.63) is 65.4 Å². The van der Waals surface area contributed by atoms with Gasteiger partial charge in [0.1, 0.15) is 18.0 Å². The lowest BCUT2D eigenvalue weighted by Gasteiger charge is -2.13. The van der Waals surface area contributed by atoms with Crippen molar-refractivity contribution in [2.75, 3.05) is 19.0 Å². The van der Waals surface area contributed by atoms with E-state index in [9.17, 15) is 27.6 Å². The van der Waals surface area contributed by atoms with E-state index in [0.717, 1.165) is 18.2 Å². The summed E-state index contributed by atoms with van der Waals surface area (Å²) in [6.07, 6.45) is -3.16. The number of urea groups is 1. The molecule has 0 aliphatic carbocycles. The lowest BCUT2D eigenvalue weighted by molar-refractivity contribution is -0.137. The number of nitrogens with one attached hydrogen (secondary N) is 2. The minimum absolute atomic E-state index is 0.0589. The predicted molar refractivity (Wildman–Crippen MR) is 101 cm³/mol. The minimum Gasteiger partial charge on any atom is -0.496 e. The Labute approximate surface area is 169 Å². The second-order valence-corrected chi connectivity index (χ2v) is 6.25. The molecule has 1 saturated heterocycles. The number of methoxy groups -OCH3 is 1. The number of benzene rings is 2. The highest BCUT2D eigenvalue weighted by molar-refractivity contribution is 6.16. The van der Waals surface area contributed by atoms with Crippen LogP contribution in [-0.2, 0) is 15.8 Å². The van der Waals surface area contributed by atoms with E-state index < -0.39 is 36.1 Å². The molecule has 0 atom stereocenters. The molecule has 0 spiro atoms. The third-order valence-corrected chi connectivity index (χ3v) is 4.18. The zero-order chi connectivity index (χ0) is 21.9. The summed E-state index contributed by atoms with van der Waals surface area (Å²) in [5.74, 6) is -1.09. The summed E-state index contributed by atoms with van der Waals surface area (Å²) in [6, 6.07) is 10.0. The van der Waals surface area contributed by atoms with Gasteiger partial charge in [-0.05, 0) is 30.3 Å². The number of nitrogens with zero attached hydrogens (tertiary/aromatic N) is 1. The van der Waals surface area contributed by atoms with E-state index in [1.165, 1.54) is 19.3 Å². The van der Waals surface area contributed by atoms with E-state index >= 15 is 0 Å². The molecule has 1 aliphatic rings. The van der Waals surface area contributed by atoms with Gasteiger partial charge >= 0.3 is 12.2 Å². The molecule has 0 aromatic heterocycles. The van der Waals surface area contributed by atoms with Crippen molar-refractivity contribution >= 4 is 29.6 Å². The van der Waals surface area contributed by atoms with E-state index in [1.54, 1.807) is 24.3 Å². The van der Waals surface area contributed by atoms with Gasteiger partial charge in [-0.3, -0.25) is 9.59 Å². The number of halogens is 3. The summed E-state index contributed by atoms with van der Waals surface area (Å²) in [5.41, 5.74) is -0.556. The lowest BCUT2D eigenvalue weighted by atomic mass is 10.1. The average molecular weight is 419 g/mol. The highest BCUT2D eigenvalue weighted by Crippen LogP contribution is 2.30. The Hall–Kier alpha value is -3.82. The molecule has 156 valence electrons. The van der Waals surface area contributed by atoms with Gasteiger partial charge in [0.2, 0.25) is 5.91 Å². The van der Waals surface area contributed by atoms with Crippen molar-refractivity contribution in [3.63, 3.8) is 0 Å². The second kappa shape index (κ2) is 8.27. The lowest BCUT2D eigenvalue weighted by Crippen LogP contribution is -2.38. The molecule has 1 heterocycles. The number of alkyl halides is 3. The number of amides is 4. The van der Waals surface area contributed by atoms with Gasteiger partial charge in [0, 0.05) is 11.3 Å². The molecular formula is C20H16F3N3O4. The number of hydrogen-bond acceptors (Lipinski definition) is 4. The highest BCUT2D eigenvalue weighted by atomic mass is 19.4. The fourth-order valence-electron chi connectivity index (χ4n) is 2.77. The molecular weight excluding hydrogens is 403 g/mol. The molecule has 7 nitrogen and oxygen atoms in total. The first-order chi connectivity index (χ1) is 14.2. The predicted octanol–water partition coefficient (Wildman–Crippen LogP) is 3.25. The van der Waals surface area contributed by atoms with Crippen molar-refractivity contribution in [1.82, 2.24) is 10.2 Å². The van der Waals surface area contributed by atoms with Crippen LogP contribution in [0, 0.1) is 0 Å². The van der Waals surface area contributed by atoms with Crippen LogP contribution in [0.1, 0.15) is 11.1 Å². The molecule has 1 aliphatic heterocycles. The molecule has 1 fully saturated rings. The maximum atomic E-state index is 12.8. The Morgan fingerprint density at radius 1 is 1.17 bits per heavy atom. The van der Waals surface area contributed by atoms with E-state index in [2.05, 4.69) is 10.6 Å². The van der Waals surface area contributed by atoms with Crippen LogP contribution >= 0.6 is 0 Å². The third kappa shape index (κ3) is 4.59. The summed E-state index contributed by atoms with van der Waals surface area (Å²) in [6.45, 7) is -0.663. The Kier molecular flexibility index (Phi) is 5.77. The maximum absolute atomic E-state index is 12.8. The summed E-state index contributed by atoms with van der Waals surface area (Å²) < 4.78 is 43.5. The van der Waals surface area contributed by atoms with Crippen LogP contribution in [0.3, 0.4) is 0 Å². The van der Waals surface area contributed by atoms with Gasteiger partial charge < -0.3 is 15.4 Å². The molecule has 2 N–H and O–H groups in total. The molecule has 2 aromatic carbocycles. The first-order valence-electron chi connectivity index (χ1n) is 8.63. The molecule has 0 saturated carbocycles. The van der Waals surface area contributed by atoms with E-state index in [4.69, 9.17) is 4.74 Å². The number of rotatable bonds is 5. The zero-order valence-corrected chi connectivity index (χ0v) is 15.6. The van der Waals surface area contributed by atoms with Gasteiger partial charge in [0.05, 0.1) is 12.7 Å². The van der Waals surface area contributed by atoms with Gasteiger partial charge in [-0.25, -0.2) is 9.69 Å². The highest BCUT2D eigenvalue weighted by Gasteiger charge is 2.35. The monoisotopic (exact) mass is 419 g/mol. The third-order valence-electron chi connectivity index (χ3n) is 4.18. The van der Waals surface area contributed by atoms with Crippen LogP contribution in [0.15, 0.2) is 54.2 Å². The summed E-state index contributed by atoms with van der Waals surface area (Å²) >= 11 is 0. The fraction of sp³-hybridized carbons (Fsp3) is 0.150. The van der Waals surface area contributed by atoms with Crippen molar-refractivity contribution in [2.24, 2.45) is 0 Å². The van der Waals surface area contributed by atoms with Crippen LogP contribution in [0.25, 0.3) is 6.08 Å². The summed E-state index contributed by atoms with van der Waals surface area (Å²) in [5, 5.41) is 4.62. The first kappa shape index (κ1) is 20.9. The molecule has 30 heavy (non-hydrogen) atoms.